The summed E-state index contributed by atoms with van der Waals surface area (Å²) in [6.45, 7) is 5.52. The topological polar surface area (TPSA) is 15.3 Å². The molecule has 21 heavy (non-hydrogen) atoms. The number of nitrogens with zero attached hydrogens (tertiary/aromatic N) is 1. The van der Waals surface area contributed by atoms with Gasteiger partial charge in [0.15, 0.2) is 0 Å². The summed E-state index contributed by atoms with van der Waals surface area (Å²) in [7, 11) is 0. The van der Waals surface area contributed by atoms with Gasteiger partial charge in [-0.1, -0.05) is 19.8 Å². The zero-order valence-electron chi connectivity index (χ0n) is 12.2. The van der Waals surface area contributed by atoms with Crippen LogP contribution in [0.1, 0.15) is 37.8 Å². The maximum Gasteiger partial charge on any atom is 0.145 e. The Labute approximate surface area is 139 Å². The Morgan fingerprint density at radius 1 is 1.29 bits per heavy atom. The molecule has 1 N–H and O–H groups in total. The molecule has 1 aromatic carbocycles. The summed E-state index contributed by atoms with van der Waals surface area (Å²) in [6.07, 6.45) is 2.79. The van der Waals surface area contributed by atoms with Crippen LogP contribution in [0.5, 0.6) is 0 Å². The van der Waals surface area contributed by atoms with E-state index in [0.717, 1.165) is 45.4 Å². The first-order chi connectivity index (χ1) is 9.65. The molecule has 0 spiro atoms. The number of unbranched alkanes of at least 4 members (excludes halogenated alkanes) is 1. The molecule has 2 nitrogen and oxygen atoms in total. The second kappa shape index (κ2) is 9.03. The lowest BCUT2D eigenvalue weighted by molar-refractivity contribution is 0.156. The molecule has 0 unspecified atom stereocenters. The van der Waals surface area contributed by atoms with Crippen molar-refractivity contribution in [3.05, 3.63) is 33.8 Å². The monoisotopic (exact) mass is 382 g/mol. The minimum atomic E-state index is -0.454. The highest BCUT2D eigenvalue weighted by Crippen LogP contribution is 2.33. The lowest BCUT2D eigenvalue weighted by Crippen LogP contribution is -2.45. The van der Waals surface area contributed by atoms with Gasteiger partial charge in [0, 0.05) is 37.8 Å². The number of rotatable bonds is 5. The Bertz CT molecular complexity index is 454. The van der Waals surface area contributed by atoms with Crippen LogP contribution in [0.25, 0.3) is 0 Å². The van der Waals surface area contributed by atoms with E-state index in [2.05, 4.69) is 33.1 Å². The van der Waals surface area contributed by atoms with E-state index in [1.54, 1.807) is 0 Å². The molecule has 0 amide bonds. The van der Waals surface area contributed by atoms with Crippen LogP contribution in [0.15, 0.2) is 16.6 Å². The molecule has 0 saturated carbocycles. The van der Waals surface area contributed by atoms with Gasteiger partial charge in [0.2, 0.25) is 0 Å². The third-order valence-electron chi connectivity index (χ3n) is 3.84. The maximum absolute atomic E-state index is 14.4. The highest BCUT2D eigenvalue weighted by Gasteiger charge is 2.27. The van der Waals surface area contributed by atoms with Gasteiger partial charge < -0.3 is 5.32 Å². The van der Waals surface area contributed by atoms with E-state index in [0.29, 0.717) is 4.47 Å². The van der Waals surface area contributed by atoms with Crippen molar-refractivity contribution in [2.24, 2.45) is 0 Å². The van der Waals surface area contributed by atoms with Gasteiger partial charge >= 0.3 is 0 Å². The second-order valence-corrected chi connectivity index (χ2v) is 6.06. The lowest BCUT2D eigenvalue weighted by atomic mass is 9.97. The number of benzene rings is 1. The Balaban J connectivity index is 0.00000220. The number of nitrogens with one attached hydrogen (secondary N) is 1. The van der Waals surface area contributed by atoms with Crippen LogP contribution >= 0.6 is 28.3 Å². The van der Waals surface area contributed by atoms with E-state index in [9.17, 15) is 8.78 Å². The quantitative estimate of drug-likeness (QED) is 0.763. The van der Waals surface area contributed by atoms with Crippen molar-refractivity contribution in [1.82, 2.24) is 10.2 Å². The third-order valence-corrected chi connectivity index (χ3v) is 4.45. The maximum atomic E-state index is 14.4. The van der Waals surface area contributed by atoms with Gasteiger partial charge in [-0.25, -0.2) is 8.78 Å². The highest BCUT2D eigenvalue weighted by atomic mass is 79.9. The van der Waals surface area contributed by atoms with Crippen molar-refractivity contribution < 1.29 is 8.78 Å². The fraction of sp³-hybridized carbons (Fsp3) is 0.600. The van der Waals surface area contributed by atoms with E-state index in [1.807, 2.05) is 0 Å². The van der Waals surface area contributed by atoms with Crippen molar-refractivity contribution in [3.8, 4) is 0 Å². The predicted octanol–water partition coefficient (Wildman–Crippen LogP) is 4.29. The molecular formula is C15H22BrClF2N2. The van der Waals surface area contributed by atoms with E-state index in [1.165, 1.54) is 12.1 Å². The molecular weight excluding hydrogens is 362 g/mol. The Hall–Kier alpha value is -0.230. The van der Waals surface area contributed by atoms with Gasteiger partial charge in [0.25, 0.3) is 0 Å². The summed E-state index contributed by atoms with van der Waals surface area (Å²) < 4.78 is 28.9. The van der Waals surface area contributed by atoms with Crippen molar-refractivity contribution >= 4 is 28.3 Å². The van der Waals surface area contributed by atoms with Crippen molar-refractivity contribution in [3.63, 3.8) is 0 Å². The second-order valence-electron chi connectivity index (χ2n) is 5.20. The number of halogens is 4. The smallest absolute Gasteiger partial charge is 0.145 e. The molecule has 1 fully saturated rings. The van der Waals surface area contributed by atoms with Crippen molar-refractivity contribution in [2.75, 3.05) is 26.2 Å². The van der Waals surface area contributed by atoms with Gasteiger partial charge in [-0.2, -0.15) is 0 Å². The minimum Gasteiger partial charge on any atom is -0.314 e. The molecule has 1 atom stereocenters. The molecule has 6 heteroatoms. The van der Waals surface area contributed by atoms with Crippen LogP contribution in [0.3, 0.4) is 0 Å². The molecule has 0 bridgehead atoms. The van der Waals surface area contributed by atoms with Crippen LogP contribution in [0.4, 0.5) is 8.78 Å². The molecule has 0 radical (unpaired) electrons. The Morgan fingerprint density at radius 2 is 1.95 bits per heavy atom. The summed E-state index contributed by atoms with van der Waals surface area (Å²) in [6, 6.07) is 2.61. The Kier molecular flexibility index (Phi) is 8.09. The first-order valence-corrected chi connectivity index (χ1v) is 8.02. The molecule has 0 aliphatic carbocycles. The fourth-order valence-electron chi connectivity index (χ4n) is 2.75. The zero-order valence-corrected chi connectivity index (χ0v) is 14.6. The molecule has 1 aliphatic heterocycles. The van der Waals surface area contributed by atoms with E-state index in [-0.39, 0.29) is 24.0 Å². The molecule has 1 saturated heterocycles. The number of hydrogen-bond donors (Lipinski definition) is 1. The average Bonchev–Trinajstić information content (AvgIpc) is 2.47. The minimum absolute atomic E-state index is 0. The van der Waals surface area contributed by atoms with Gasteiger partial charge in [-0.3, -0.25) is 4.90 Å². The Morgan fingerprint density at radius 3 is 2.57 bits per heavy atom. The number of piperazine rings is 1. The standard InChI is InChI=1S/C15H21BrF2N2.ClH/c1-2-3-4-13(20-9-7-19-8-10-20)14-12(17)6-5-11(16)15(14)18;/h5-6,13,19H,2-4,7-10H2,1H3;1H/t13-;/m0./s1. The van der Waals surface area contributed by atoms with Gasteiger partial charge in [0.1, 0.15) is 11.6 Å². The molecule has 1 aromatic rings. The van der Waals surface area contributed by atoms with E-state index in [4.69, 9.17) is 0 Å². The summed E-state index contributed by atoms with van der Waals surface area (Å²) in [5.41, 5.74) is 0.217. The molecule has 0 aromatic heterocycles. The predicted molar refractivity (Wildman–Crippen MR) is 88.0 cm³/mol. The van der Waals surface area contributed by atoms with Crippen LogP contribution in [0.2, 0.25) is 0 Å². The van der Waals surface area contributed by atoms with Crippen LogP contribution in [-0.2, 0) is 0 Å². The van der Waals surface area contributed by atoms with E-state index >= 15 is 0 Å². The summed E-state index contributed by atoms with van der Waals surface area (Å²) in [4.78, 5) is 2.19. The van der Waals surface area contributed by atoms with Crippen molar-refractivity contribution in [1.29, 1.82) is 0 Å². The first kappa shape index (κ1) is 18.8. The van der Waals surface area contributed by atoms with E-state index < -0.39 is 11.6 Å². The van der Waals surface area contributed by atoms with Gasteiger partial charge in [-0.15, -0.1) is 12.4 Å². The zero-order chi connectivity index (χ0) is 14.5. The van der Waals surface area contributed by atoms with Gasteiger partial charge in [-0.05, 0) is 34.5 Å². The molecule has 2 rings (SSSR count). The highest BCUT2D eigenvalue weighted by molar-refractivity contribution is 9.10. The average molecular weight is 384 g/mol. The summed E-state index contributed by atoms with van der Waals surface area (Å²) in [5.74, 6) is -0.894. The molecule has 1 heterocycles. The fourth-order valence-corrected chi connectivity index (χ4v) is 3.09. The third kappa shape index (κ3) is 4.62. The van der Waals surface area contributed by atoms with Crippen LogP contribution in [0, 0.1) is 11.6 Å². The normalized spacial score (nSPS) is 17.3. The first-order valence-electron chi connectivity index (χ1n) is 7.23. The van der Waals surface area contributed by atoms with Crippen molar-refractivity contribution in [2.45, 2.75) is 32.2 Å². The molecule has 1 aliphatic rings. The summed E-state index contributed by atoms with van der Waals surface area (Å²) in [5, 5.41) is 3.28. The lowest BCUT2D eigenvalue weighted by Gasteiger charge is -2.35. The summed E-state index contributed by atoms with van der Waals surface area (Å²) >= 11 is 3.17. The molecule has 120 valence electrons. The van der Waals surface area contributed by atoms with Crippen LogP contribution < -0.4 is 5.32 Å². The largest absolute Gasteiger partial charge is 0.314 e. The SMILES string of the molecule is CCCC[C@@H](c1c(F)ccc(Br)c1F)N1CCNCC1.Cl. The van der Waals surface area contributed by atoms with Crippen LogP contribution in [-0.4, -0.2) is 31.1 Å². The van der Waals surface area contributed by atoms with Gasteiger partial charge in [0.05, 0.1) is 4.47 Å². The number of hydrogen-bond acceptors (Lipinski definition) is 2.